The second kappa shape index (κ2) is 5.14. The Morgan fingerprint density at radius 2 is 1.89 bits per heavy atom. The smallest absolute Gasteiger partial charge is 0.125 e. The molecule has 1 aromatic carbocycles. The van der Waals surface area contributed by atoms with Gasteiger partial charge in [0, 0.05) is 22.6 Å². The Labute approximate surface area is 116 Å². The SMILES string of the molecule is CC(C)Cc1c(-c2ccc(Br)cc2)nn(C)c1N. The minimum Gasteiger partial charge on any atom is -0.384 e. The van der Waals surface area contributed by atoms with Gasteiger partial charge in [0.25, 0.3) is 0 Å². The van der Waals surface area contributed by atoms with Crippen LogP contribution in [0.4, 0.5) is 5.82 Å². The lowest BCUT2D eigenvalue weighted by atomic mass is 9.99. The van der Waals surface area contributed by atoms with Crippen LogP contribution < -0.4 is 5.73 Å². The Kier molecular flexibility index (Phi) is 3.76. The highest BCUT2D eigenvalue weighted by Crippen LogP contribution is 2.29. The van der Waals surface area contributed by atoms with Crippen molar-refractivity contribution in [2.75, 3.05) is 5.73 Å². The lowest BCUT2D eigenvalue weighted by molar-refractivity contribution is 0.648. The quantitative estimate of drug-likeness (QED) is 0.941. The van der Waals surface area contributed by atoms with Crippen LogP contribution in [0.2, 0.25) is 0 Å². The molecule has 0 bridgehead atoms. The standard InChI is InChI=1S/C14H18BrN3/c1-9(2)8-12-13(17-18(3)14(12)16)10-4-6-11(15)7-5-10/h4-7,9H,8,16H2,1-3H3. The molecule has 0 unspecified atom stereocenters. The maximum absolute atomic E-state index is 6.11. The van der Waals surface area contributed by atoms with Crippen LogP contribution in [0.3, 0.4) is 0 Å². The lowest BCUT2D eigenvalue weighted by Gasteiger charge is -2.06. The number of nitrogens with two attached hydrogens (primary N) is 1. The number of nitrogens with zero attached hydrogens (tertiary/aromatic N) is 2. The van der Waals surface area contributed by atoms with Crippen LogP contribution in [0.5, 0.6) is 0 Å². The van der Waals surface area contributed by atoms with Crippen LogP contribution in [0.15, 0.2) is 28.7 Å². The number of anilines is 1. The van der Waals surface area contributed by atoms with E-state index in [9.17, 15) is 0 Å². The molecule has 0 fully saturated rings. The maximum atomic E-state index is 6.11. The average Bonchev–Trinajstić information content (AvgIpc) is 2.58. The average molecular weight is 308 g/mol. The number of aryl methyl sites for hydroxylation is 1. The van der Waals surface area contributed by atoms with Crippen molar-refractivity contribution in [3.63, 3.8) is 0 Å². The van der Waals surface area contributed by atoms with Gasteiger partial charge in [-0.1, -0.05) is 41.9 Å². The summed E-state index contributed by atoms with van der Waals surface area (Å²) in [4.78, 5) is 0. The zero-order valence-electron chi connectivity index (χ0n) is 10.9. The fourth-order valence-electron chi connectivity index (χ4n) is 2.03. The largest absolute Gasteiger partial charge is 0.384 e. The van der Waals surface area contributed by atoms with Crippen molar-refractivity contribution in [2.45, 2.75) is 20.3 Å². The van der Waals surface area contributed by atoms with E-state index in [0.717, 1.165) is 33.5 Å². The van der Waals surface area contributed by atoms with Crippen molar-refractivity contribution < 1.29 is 0 Å². The van der Waals surface area contributed by atoms with Crippen LogP contribution in [0.1, 0.15) is 19.4 Å². The van der Waals surface area contributed by atoms with E-state index in [1.54, 1.807) is 4.68 Å². The van der Waals surface area contributed by atoms with E-state index in [4.69, 9.17) is 5.73 Å². The van der Waals surface area contributed by atoms with Gasteiger partial charge < -0.3 is 5.73 Å². The number of halogens is 1. The van der Waals surface area contributed by atoms with E-state index >= 15 is 0 Å². The van der Waals surface area contributed by atoms with Gasteiger partial charge in [-0.2, -0.15) is 5.10 Å². The van der Waals surface area contributed by atoms with Gasteiger partial charge in [-0.3, -0.25) is 4.68 Å². The van der Waals surface area contributed by atoms with E-state index in [2.05, 4.69) is 47.0 Å². The van der Waals surface area contributed by atoms with E-state index in [0.29, 0.717) is 5.92 Å². The molecule has 1 aromatic heterocycles. The molecule has 0 saturated heterocycles. The summed E-state index contributed by atoms with van der Waals surface area (Å²) >= 11 is 3.45. The van der Waals surface area contributed by atoms with Gasteiger partial charge in [0.1, 0.15) is 5.82 Å². The first-order valence-corrected chi connectivity index (χ1v) is 6.85. The first-order chi connectivity index (χ1) is 8.49. The minimum absolute atomic E-state index is 0.561. The number of nitrogen functional groups attached to an aromatic ring is 1. The fraction of sp³-hybridized carbons (Fsp3) is 0.357. The summed E-state index contributed by atoms with van der Waals surface area (Å²) in [6.07, 6.45) is 0.949. The van der Waals surface area contributed by atoms with Crippen LogP contribution in [-0.4, -0.2) is 9.78 Å². The van der Waals surface area contributed by atoms with Crippen molar-refractivity contribution in [3.8, 4) is 11.3 Å². The summed E-state index contributed by atoms with van der Waals surface area (Å²) in [5, 5.41) is 4.54. The lowest BCUT2D eigenvalue weighted by Crippen LogP contribution is -2.02. The highest BCUT2D eigenvalue weighted by atomic mass is 79.9. The molecule has 0 radical (unpaired) electrons. The van der Waals surface area contributed by atoms with Crippen molar-refractivity contribution >= 4 is 21.7 Å². The molecule has 18 heavy (non-hydrogen) atoms. The molecule has 96 valence electrons. The van der Waals surface area contributed by atoms with Crippen LogP contribution in [0.25, 0.3) is 11.3 Å². The fourth-order valence-corrected chi connectivity index (χ4v) is 2.29. The molecule has 2 aromatic rings. The van der Waals surface area contributed by atoms with Crippen molar-refractivity contribution in [1.82, 2.24) is 9.78 Å². The number of hydrogen-bond donors (Lipinski definition) is 1. The summed E-state index contributed by atoms with van der Waals surface area (Å²) < 4.78 is 2.83. The van der Waals surface area contributed by atoms with Gasteiger partial charge in [0.15, 0.2) is 0 Å². The molecule has 0 spiro atoms. The molecule has 2 rings (SSSR count). The van der Waals surface area contributed by atoms with E-state index in [1.807, 2.05) is 19.2 Å². The van der Waals surface area contributed by atoms with E-state index < -0.39 is 0 Å². The molecule has 0 amide bonds. The molecule has 0 atom stereocenters. The summed E-state index contributed by atoms with van der Waals surface area (Å²) in [7, 11) is 1.89. The molecule has 3 nitrogen and oxygen atoms in total. The first kappa shape index (κ1) is 13.1. The summed E-state index contributed by atoms with van der Waals surface area (Å²) in [6, 6.07) is 8.18. The van der Waals surface area contributed by atoms with Gasteiger partial charge in [-0.05, 0) is 24.5 Å². The van der Waals surface area contributed by atoms with Gasteiger partial charge in [0.2, 0.25) is 0 Å². The molecule has 0 saturated carbocycles. The molecule has 2 N–H and O–H groups in total. The van der Waals surface area contributed by atoms with E-state index in [1.165, 1.54) is 0 Å². The summed E-state index contributed by atoms with van der Waals surface area (Å²) in [5.74, 6) is 1.33. The monoisotopic (exact) mass is 307 g/mol. The molecule has 0 aliphatic carbocycles. The third-order valence-electron chi connectivity index (χ3n) is 2.92. The van der Waals surface area contributed by atoms with Crippen molar-refractivity contribution in [1.29, 1.82) is 0 Å². The predicted molar refractivity (Wildman–Crippen MR) is 79.3 cm³/mol. The molecular formula is C14H18BrN3. The van der Waals surface area contributed by atoms with E-state index in [-0.39, 0.29) is 0 Å². The Hall–Kier alpha value is -1.29. The molecule has 0 aliphatic heterocycles. The first-order valence-electron chi connectivity index (χ1n) is 6.06. The maximum Gasteiger partial charge on any atom is 0.125 e. The minimum atomic E-state index is 0.561. The molecule has 0 aliphatic rings. The highest BCUT2D eigenvalue weighted by molar-refractivity contribution is 9.10. The number of hydrogen-bond acceptors (Lipinski definition) is 2. The second-order valence-electron chi connectivity index (χ2n) is 4.94. The van der Waals surface area contributed by atoms with Gasteiger partial charge in [-0.25, -0.2) is 0 Å². The zero-order chi connectivity index (χ0) is 13.3. The Balaban J connectivity index is 2.49. The van der Waals surface area contributed by atoms with Crippen LogP contribution >= 0.6 is 15.9 Å². The third-order valence-corrected chi connectivity index (χ3v) is 3.45. The number of benzene rings is 1. The predicted octanol–water partition coefficient (Wildman–Crippen LogP) is 3.63. The molecule has 4 heteroatoms. The van der Waals surface area contributed by atoms with Crippen molar-refractivity contribution in [3.05, 3.63) is 34.3 Å². The Morgan fingerprint density at radius 1 is 1.28 bits per heavy atom. The third kappa shape index (κ3) is 2.58. The number of rotatable bonds is 3. The van der Waals surface area contributed by atoms with Gasteiger partial charge >= 0.3 is 0 Å². The van der Waals surface area contributed by atoms with Crippen LogP contribution in [-0.2, 0) is 13.5 Å². The molecule has 1 heterocycles. The topological polar surface area (TPSA) is 43.8 Å². The normalized spacial score (nSPS) is 11.2. The zero-order valence-corrected chi connectivity index (χ0v) is 12.5. The number of aromatic nitrogens is 2. The summed E-state index contributed by atoms with van der Waals surface area (Å²) in [5.41, 5.74) is 9.37. The second-order valence-corrected chi connectivity index (χ2v) is 5.86. The van der Waals surface area contributed by atoms with Crippen LogP contribution in [0, 0.1) is 5.92 Å². The van der Waals surface area contributed by atoms with Gasteiger partial charge in [0.05, 0.1) is 5.69 Å². The molecular weight excluding hydrogens is 290 g/mol. The highest BCUT2D eigenvalue weighted by Gasteiger charge is 2.16. The Bertz CT molecular complexity index is 541. The summed E-state index contributed by atoms with van der Waals surface area (Å²) in [6.45, 7) is 4.38. The van der Waals surface area contributed by atoms with Gasteiger partial charge in [-0.15, -0.1) is 0 Å². The Morgan fingerprint density at radius 3 is 2.44 bits per heavy atom. The van der Waals surface area contributed by atoms with Crippen molar-refractivity contribution in [2.24, 2.45) is 13.0 Å².